The second-order valence-electron chi connectivity index (χ2n) is 7.50. The van der Waals surface area contributed by atoms with Gasteiger partial charge in [-0.25, -0.2) is 12.8 Å². The molecular formula is C21H22F4N2O3S. The smallest absolute Gasteiger partial charge is 0.341 e. The van der Waals surface area contributed by atoms with E-state index in [1.54, 1.807) is 0 Å². The van der Waals surface area contributed by atoms with Crippen LogP contribution in [0, 0.1) is 11.7 Å². The van der Waals surface area contributed by atoms with E-state index < -0.39 is 38.4 Å². The second-order valence-corrected chi connectivity index (χ2v) is 9.41. The van der Waals surface area contributed by atoms with Crippen molar-refractivity contribution in [2.45, 2.75) is 30.5 Å². The van der Waals surface area contributed by atoms with E-state index in [0.717, 1.165) is 22.5 Å². The van der Waals surface area contributed by atoms with Gasteiger partial charge >= 0.3 is 6.18 Å². The van der Waals surface area contributed by atoms with Crippen LogP contribution in [0.15, 0.2) is 53.4 Å². The molecule has 0 unspecified atom stereocenters. The first-order valence-corrected chi connectivity index (χ1v) is 11.1. The molecule has 1 saturated heterocycles. The highest BCUT2D eigenvalue weighted by molar-refractivity contribution is 7.89. The van der Waals surface area contributed by atoms with Crippen molar-refractivity contribution >= 4 is 15.9 Å². The molecule has 0 aromatic heterocycles. The summed E-state index contributed by atoms with van der Waals surface area (Å²) in [6.07, 6.45) is -3.96. The van der Waals surface area contributed by atoms with Gasteiger partial charge in [0.05, 0.1) is 5.56 Å². The zero-order valence-electron chi connectivity index (χ0n) is 16.8. The average molecular weight is 458 g/mol. The van der Waals surface area contributed by atoms with Gasteiger partial charge in [0.2, 0.25) is 15.9 Å². The first-order valence-electron chi connectivity index (χ1n) is 9.66. The van der Waals surface area contributed by atoms with Crippen molar-refractivity contribution in [1.82, 2.24) is 9.21 Å². The molecule has 3 rings (SSSR count). The summed E-state index contributed by atoms with van der Waals surface area (Å²) < 4.78 is 79.1. The summed E-state index contributed by atoms with van der Waals surface area (Å²) in [5.74, 6) is -1.55. The zero-order chi connectivity index (χ0) is 22.8. The van der Waals surface area contributed by atoms with Crippen molar-refractivity contribution in [3.63, 3.8) is 0 Å². The molecule has 1 heterocycles. The third-order valence-corrected chi connectivity index (χ3v) is 7.24. The maximum atomic E-state index is 13.9. The number of alkyl halides is 3. The molecule has 1 fully saturated rings. The number of carbonyl (C=O) groups excluding carboxylic acids is 1. The van der Waals surface area contributed by atoms with Gasteiger partial charge < -0.3 is 4.90 Å². The third-order valence-electron chi connectivity index (χ3n) is 5.31. The van der Waals surface area contributed by atoms with Gasteiger partial charge in [0.25, 0.3) is 0 Å². The Labute approximate surface area is 178 Å². The Morgan fingerprint density at radius 2 is 1.74 bits per heavy atom. The van der Waals surface area contributed by atoms with Crippen LogP contribution in [0.1, 0.15) is 24.0 Å². The van der Waals surface area contributed by atoms with E-state index in [1.807, 2.05) is 0 Å². The van der Waals surface area contributed by atoms with Crippen LogP contribution in [0.2, 0.25) is 0 Å². The van der Waals surface area contributed by atoms with Crippen LogP contribution in [-0.4, -0.2) is 43.7 Å². The average Bonchev–Trinajstić information content (AvgIpc) is 2.73. The number of hydrogen-bond acceptors (Lipinski definition) is 3. The van der Waals surface area contributed by atoms with E-state index in [4.69, 9.17) is 0 Å². The van der Waals surface area contributed by atoms with E-state index in [-0.39, 0.29) is 38.4 Å². The fourth-order valence-corrected chi connectivity index (χ4v) is 5.18. The molecular weight excluding hydrogens is 436 g/mol. The van der Waals surface area contributed by atoms with Crippen molar-refractivity contribution in [3.8, 4) is 0 Å². The van der Waals surface area contributed by atoms with Crippen molar-refractivity contribution in [1.29, 1.82) is 0 Å². The van der Waals surface area contributed by atoms with Crippen LogP contribution >= 0.6 is 0 Å². The molecule has 1 aliphatic heterocycles. The standard InChI is InChI=1S/C21H22F4N2O3S/c1-26(14-15-5-4-6-17(13-15)21(23,24)25)20(28)16-9-11-27(12-10-16)31(29,30)19-8-3-2-7-18(19)22/h2-8,13,16H,9-12,14H2,1H3. The molecule has 0 radical (unpaired) electrons. The van der Waals surface area contributed by atoms with Crippen LogP contribution in [-0.2, 0) is 27.5 Å². The first-order chi connectivity index (χ1) is 14.5. The topological polar surface area (TPSA) is 57.7 Å². The van der Waals surface area contributed by atoms with Gasteiger partial charge in [-0.3, -0.25) is 4.79 Å². The van der Waals surface area contributed by atoms with Crippen LogP contribution in [0.4, 0.5) is 17.6 Å². The number of sulfonamides is 1. The molecule has 0 aliphatic carbocycles. The predicted molar refractivity (Wildman–Crippen MR) is 106 cm³/mol. The van der Waals surface area contributed by atoms with Gasteiger partial charge in [0, 0.05) is 32.6 Å². The SMILES string of the molecule is CN(Cc1cccc(C(F)(F)F)c1)C(=O)C1CCN(S(=O)(=O)c2ccccc2F)CC1. The zero-order valence-corrected chi connectivity index (χ0v) is 17.6. The maximum Gasteiger partial charge on any atom is 0.416 e. The molecule has 0 bridgehead atoms. The first kappa shape index (κ1) is 23.2. The Kier molecular flexibility index (Phi) is 6.70. The summed E-state index contributed by atoms with van der Waals surface area (Å²) in [6.45, 7) is 0.130. The Morgan fingerprint density at radius 1 is 1.10 bits per heavy atom. The Balaban J connectivity index is 1.62. The van der Waals surface area contributed by atoms with Crippen molar-refractivity contribution in [2.24, 2.45) is 5.92 Å². The molecule has 5 nitrogen and oxygen atoms in total. The Bertz CT molecular complexity index is 1050. The fraction of sp³-hybridized carbons (Fsp3) is 0.381. The monoisotopic (exact) mass is 458 g/mol. The van der Waals surface area contributed by atoms with Gasteiger partial charge in [-0.1, -0.05) is 24.3 Å². The summed E-state index contributed by atoms with van der Waals surface area (Å²) in [5, 5.41) is 0. The summed E-state index contributed by atoms with van der Waals surface area (Å²) >= 11 is 0. The summed E-state index contributed by atoms with van der Waals surface area (Å²) in [6, 6.07) is 9.90. The number of halogens is 4. The molecule has 1 aliphatic rings. The minimum Gasteiger partial charge on any atom is -0.341 e. The lowest BCUT2D eigenvalue weighted by Crippen LogP contribution is -2.43. The highest BCUT2D eigenvalue weighted by Gasteiger charge is 2.34. The third kappa shape index (κ3) is 5.24. The van der Waals surface area contributed by atoms with Crippen LogP contribution in [0.5, 0.6) is 0 Å². The molecule has 31 heavy (non-hydrogen) atoms. The Hall–Kier alpha value is -2.46. The Morgan fingerprint density at radius 3 is 2.35 bits per heavy atom. The number of amides is 1. The lowest BCUT2D eigenvalue weighted by molar-refractivity contribution is -0.137. The minimum atomic E-state index is -4.46. The lowest BCUT2D eigenvalue weighted by Gasteiger charge is -2.32. The van der Waals surface area contributed by atoms with Crippen molar-refractivity contribution < 1.29 is 30.8 Å². The van der Waals surface area contributed by atoms with Gasteiger partial charge in [-0.05, 0) is 42.7 Å². The van der Waals surface area contributed by atoms with Crippen LogP contribution in [0.3, 0.4) is 0 Å². The molecule has 2 aromatic carbocycles. The van der Waals surface area contributed by atoms with E-state index >= 15 is 0 Å². The molecule has 2 aromatic rings. The van der Waals surface area contributed by atoms with E-state index in [2.05, 4.69) is 0 Å². The molecule has 168 valence electrons. The number of hydrogen-bond donors (Lipinski definition) is 0. The van der Waals surface area contributed by atoms with E-state index in [9.17, 15) is 30.8 Å². The van der Waals surface area contributed by atoms with E-state index in [0.29, 0.717) is 5.56 Å². The lowest BCUT2D eigenvalue weighted by atomic mass is 9.96. The quantitative estimate of drug-likeness (QED) is 0.639. The van der Waals surface area contributed by atoms with Crippen molar-refractivity contribution in [2.75, 3.05) is 20.1 Å². The van der Waals surface area contributed by atoms with Gasteiger partial charge in [0.15, 0.2) is 0 Å². The number of piperidine rings is 1. The van der Waals surface area contributed by atoms with E-state index in [1.165, 1.54) is 42.3 Å². The second kappa shape index (κ2) is 8.96. The van der Waals surface area contributed by atoms with Gasteiger partial charge in [-0.2, -0.15) is 17.5 Å². The minimum absolute atomic E-state index is 0.0104. The normalized spacial score (nSPS) is 16.3. The molecule has 1 amide bonds. The molecule has 0 saturated carbocycles. The highest BCUT2D eigenvalue weighted by Crippen LogP contribution is 2.30. The fourth-order valence-electron chi connectivity index (χ4n) is 3.65. The highest BCUT2D eigenvalue weighted by atomic mass is 32.2. The number of nitrogens with zero attached hydrogens (tertiary/aromatic N) is 2. The maximum absolute atomic E-state index is 13.9. The number of benzene rings is 2. The largest absolute Gasteiger partial charge is 0.416 e. The summed E-state index contributed by atoms with van der Waals surface area (Å²) in [4.78, 5) is 13.7. The van der Waals surface area contributed by atoms with Gasteiger partial charge in [0.1, 0.15) is 10.7 Å². The van der Waals surface area contributed by atoms with Gasteiger partial charge in [-0.15, -0.1) is 0 Å². The molecule has 0 spiro atoms. The summed E-state index contributed by atoms with van der Waals surface area (Å²) in [7, 11) is -2.50. The number of carbonyl (C=O) groups is 1. The molecule has 0 N–H and O–H groups in total. The summed E-state index contributed by atoms with van der Waals surface area (Å²) in [5.41, 5.74) is -0.428. The predicted octanol–water partition coefficient (Wildman–Crippen LogP) is 3.90. The molecule has 0 atom stereocenters. The molecule has 10 heteroatoms. The van der Waals surface area contributed by atoms with Crippen molar-refractivity contribution in [3.05, 3.63) is 65.5 Å². The van der Waals surface area contributed by atoms with Crippen LogP contribution < -0.4 is 0 Å². The van der Waals surface area contributed by atoms with Crippen LogP contribution in [0.25, 0.3) is 0 Å². The number of rotatable bonds is 5.